The number of nitro benzene ring substituents is 1. The molecule has 112 valence electrons. The van der Waals surface area contributed by atoms with Gasteiger partial charge in [-0.2, -0.15) is 0 Å². The highest BCUT2D eigenvalue weighted by Gasteiger charge is 2.18. The van der Waals surface area contributed by atoms with Crippen LogP contribution in [-0.2, 0) is 0 Å². The van der Waals surface area contributed by atoms with Gasteiger partial charge in [-0.3, -0.25) is 10.1 Å². The molecule has 1 rings (SSSR count). The zero-order chi connectivity index (χ0) is 15.3. The maximum Gasteiger partial charge on any atom is 0.311 e. The number of nitrogens with one attached hydrogen (secondary N) is 1. The third kappa shape index (κ3) is 5.50. The molecule has 6 nitrogen and oxygen atoms in total. The molecule has 0 heterocycles. The second-order valence-corrected chi connectivity index (χ2v) is 5.46. The van der Waals surface area contributed by atoms with E-state index in [2.05, 4.69) is 5.32 Å². The van der Waals surface area contributed by atoms with Crippen molar-refractivity contribution in [2.45, 2.75) is 32.4 Å². The quantitative estimate of drug-likeness (QED) is 0.616. The number of benzene rings is 1. The summed E-state index contributed by atoms with van der Waals surface area (Å²) in [6, 6.07) is 2.95. The van der Waals surface area contributed by atoms with Gasteiger partial charge in [-0.15, -0.1) is 0 Å². The first-order chi connectivity index (χ1) is 9.19. The third-order valence-corrected chi connectivity index (χ3v) is 2.42. The Kier molecular flexibility index (Phi) is 5.41. The number of nitro groups is 1. The van der Waals surface area contributed by atoms with Crippen molar-refractivity contribution in [3.8, 4) is 5.75 Å². The number of nitrogens with zero attached hydrogens (tertiary/aromatic N) is 1. The van der Waals surface area contributed by atoms with E-state index in [0.29, 0.717) is 0 Å². The largest absolute Gasteiger partial charge is 0.484 e. The molecule has 1 aromatic rings. The first kappa shape index (κ1) is 16.3. The minimum atomic E-state index is -0.850. The van der Waals surface area contributed by atoms with Crippen LogP contribution in [0.4, 0.5) is 10.1 Å². The Morgan fingerprint density at radius 2 is 2.15 bits per heavy atom. The first-order valence-corrected chi connectivity index (χ1v) is 6.19. The number of hydrogen-bond donors (Lipinski definition) is 2. The van der Waals surface area contributed by atoms with E-state index in [4.69, 9.17) is 4.74 Å². The zero-order valence-corrected chi connectivity index (χ0v) is 11.7. The number of hydrogen-bond acceptors (Lipinski definition) is 5. The van der Waals surface area contributed by atoms with Gasteiger partial charge in [0.1, 0.15) is 18.5 Å². The molecule has 0 aliphatic rings. The Morgan fingerprint density at radius 3 is 2.70 bits per heavy atom. The highest BCUT2D eigenvalue weighted by Crippen LogP contribution is 2.27. The Labute approximate surface area is 116 Å². The predicted octanol–water partition coefficient (Wildman–Crippen LogP) is 1.86. The number of aliphatic hydroxyl groups excluding tert-OH is 1. The van der Waals surface area contributed by atoms with Crippen LogP contribution in [0, 0.1) is 15.9 Å². The van der Waals surface area contributed by atoms with Gasteiger partial charge in [-0.05, 0) is 26.8 Å². The van der Waals surface area contributed by atoms with Crippen LogP contribution in [0.5, 0.6) is 5.75 Å². The van der Waals surface area contributed by atoms with Gasteiger partial charge in [0, 0.05) is 24.2 Å². The summed E-state index contributed by atoms with van der Waals surface area (Å²) in [5, 5.41) is 23.6. The van der Waals surface area contributed by atoms with Gasteiger partial charge in [0.25, 0.3) is 0 Å². The minimum Gasteiger partial charge on any atom is -0.484 e. The van der Waals surface area contributed by atoms with Crippen molar-refractivity contribution >= 4 is 5.69 Å². The molecule has 7 heteroatoms. The molecule has 0 aliphatic heterocycles. The topological polar surface area (TPSA) is 84.6 Å². The lowest BCUT2D eigenvalue weighted by Crippen LogP contribution is -2.42. The number of halogens is 1. The van der Waals surface area contributed by atoms with Crippen LogP contribution in [0.2, 0.25) is 0 Å². The molecule has 20 heavy (non-hydrogen) atoms. The van der Waals surface area contributed by atoms with Crippen molar-refractivity contribution in [1.82, 2.24) is 5.32 Å². The fraction of sp³-hybridized carbons (Fsp3) is 0.538. The molecule has 0 spiro atoms. The predicted molar refractivity (Wildman–Crippen MR) is 72.3 cm³/mol. The SMILES string of the molecule is CC(C)(C)NCC(O)COc1cc(F)ccc1[N+](=O)[O-]. The second kappa shape index (κ2) is 6.62. The molecule has 0 bridgehead atoms. The molecule has 0 aromatic heterocycles. The molecule has 1 unspecified atom stereocenters. The van der Waals surface area contributed by atoms with Crippen molar-refractivity contribution in [3.63, 3.8) is 0 Å². The van der Waals surface area contributed by atoms with E-state index in [-0.39, 0.29) is 30.1 Å². The number of rotatable bonds is 6. The van der Waals surface area contributed by atoms with Gasteiger partial charge >= 0.3 is 5.69 Å². The number of β-amino-alcohol motifs (C(OH)–C–C–N with tert-alkyl or cyclic N) is 1. The molecule has 2 N–H and O–H groups in total. The summed E-state index contributed by atoms with van der Waals surface area (Å²) >= 11 is 0. The van der Waals surface area contributed by atoms with Gasteiger partial charge < -0.3 is 15.2 Å². The molecular weight excluding hydrogens is 267 g/mol. The summed E-state index contributed by atoms with van der Waals surface area (Å²) in [6.45, 7) is 5.94. The average molecular weight is 286 g/mol. The van der Waals surface area contributed by atoms with E-state index < -0.39 is 16.8 Å². The van der Waals surface area contributed by atoms with Gasteiger partial charge in [-0.25, -0.2) is 4.39 Å². The summed E-state index contributed by atoms with van der Waals surface area (Å²) in [4.78, 5) is 10.1. The van der Waals surface area contributed by atoms with E-state index in [1.807, 2.05) is 20.8 Å². The fourth-order valence-electron chi connectivity index (χ4n) is 1.42. The summed E-state index contributed by atoms with van der Waals surface area (Å²) in [7, 11) is 0. The van der Waals surface area contributed by atoms with Crippen LogP contribution in [-0.4, -0.2) is 34.8 Å². The van der Waals surface area contributed by atoms with Gasteiger partial charge in [0.05, 0.1) is 4.92 Å². The van der Waals surface area contributed by atoms with Crippen molar-refractivity contribution in [2.24, 2.45) is 0 Å². The van der Waals surface area contributed by atoms with E-state index in [1.165, 1.54) is 0 Å². The average Bonchev–Trinajstić information content (AvgIpc) is 2.32. The molecule has 0 fully saturated rings. The Balaban J connectivity index is 2.61. The highest BCUT2D eigenvalue weighted by molar-refractivity contribution is 5.46. The van der Waals surface area contributed by atoms with Gasteiger partial charge in [0.15, 0.2) is 5.75 Å². The zero-order valence-electron chi connectivity index (χ0n) is 11.7. The molecular formula is C13H19FN2O4. The summed E-state index contributed by atoms with van der Waals surface area (Å²) in [6.07, 6.45) is -0.850. The van der Waals surface area contributed by atoms with E-state index in [1.54, 1.807) is 0 Å². The molecule has 0 saturated carbocycles. The monoisotopic (exact) mass is 286 g/mol. The van der Waals surface area contributed by atoms with Crippen LogP contribution in [0.15, 0.2) is 18.2 Å². The van der Waals surface area contributed by atoms with Crippen molar-refractivity contribution in [3.05, 3.63) is 34.1 Å². The molecule has 0 aliphatic carbocycles. The number of aliphatic hydroxyl groups is 1. The van der Waals surface area contributed by atoms with Crippen LogP contribution >= 0.6 is 0 Å². The lowest BCUT2D eigenvalue weighted by atomic mass is 10.1. The summed E-state index contributed by atoms with van der Waals surface area (Å²) < 4.78 is 18.2. The van der Waals surface area contributed by atoms with Crippen molar-refractivity contribution < 1.29 is 19.2 Å². The molecule has 1 aromatic carbocycles. The van der Waals surface area contributed by atoms with Crippen molar-refractivity contribution in [2.75, 3.05) is 13.2 Å². The first-order valence-electron chi connectivity index (χ1n) is 6.19. The lowest BCUT2D eigenvalue weighted by Gasteiger charge is -2.22. The van der Waals surface area contributed by atoms with Gasteiger partial charge in [-0.1, -0.05) is 0 Å². The standard InChI is InChI=1S/C13H19FN2O4/c1-13(2,3)15-7-10(17)8-20-12-6-9(14)4-5-11(12)16(18)19/h4-6,10,15,17H,7-8H2,1-3H3. The normalized spacial score (nSPS) is 13.1. The maximum atomic E-state index is 13.1. The minimum absolute atomic E-state index is 0.159. The molecule has 0 radical (unpaired) electrons. The van der Waals surface area contributed by atoms with E-state index >= 15 is 0 Å². The Hall–Kier alpha value is -1.73. The Morgan fingerprint density at radius 1 is 1.50 bits per heavy atom. The van der Waals surface area contributed by atoms with Crippen LogP contribution in [0.25, 0.3) is 0 Å². The fourth-order valence-corrected chi connectivity index (χ4v) is 1.42. The van der Waals surface area contributed by atoms with Crippen LogP contribution in [0.3, 0.4) is 0 Å². The molecule has 0 saturated heterocycles. The molecule has 1 atom stereocenters. The summed E-state index contributed by atoms with van der Waals surface area (Å²) in [5.74, 6) is -0.822. The lowest BCUT2D eigenvalue weighted by molar-refractivity contribution is -0.386. The van der Waals surface area contributed by atoms with Crippen LogP contribution < -0.4 is 10.1 Å². The van der Waals surface area contributed by atoms with E-state index in [0.717, 1.165) is 18.2 Å². The smallest absolute Gasteiger partial charge is 0.311 e. The second-order valence-electron chi connectivity index (χ2n) is 5.46. The molecule has 0 amide bonds. The highest BCUT2D eigenvalue weighted by atomic mass is 19.1. The third-order valence-electron chi connectivity index (χ3n) is 2.42. The van der Waals surface area contributed by atoms with E-state index in [9.17, 15) is 19.6 Å². The number of ether oxygens (including phenoxy) is 1. The maximum absolute atomic E-state index is 13.1. The van der Waals surface area contributed by atoms with Crippen molar-refractivity contribution in [1.29, 1.82) is 0 Å². The van der Waals surface area contributed by atoms with Crippen LogP contribution in [0.1, 0.15) is 20.8 Å². The Bertz CT molecular complexity index is 474. The summed E-state index contributed by atoms with van der Waals surface area (Å²) in [5.41, 5.74) is -0.492. The van der Waals surface area contributed by atoms with Gasteiger partial charge in [0.2, 0.25) is 0 Å².